The summed E-state index contributed by atoms with van der Waals surface area (Å²) in [4.78, 5) is 2.65. The number of benzene rings is 1. The van der Waals surface area contributed by atoms with Crippen molar-refractivity contribution < 1.29 is 4.39 Å². The van der Waals surface area contributed by atoms with Gasteiger partial charge in [0.05, 0.1) is 0 Å². The highest BCUT2D eigenvalue weighted by molar-refractivity contribution is 5.16. The molecular formula is C16H22FN. The molecule has 1 aliphatic carbocycles. The lowest BCUT2D eigenvalue weighted by molar-refractivity contribution is 0.168. The maximum absolute atomic E-state index is 12.9. The molecule has 0 bridgehead atoms. The van der Waals surface area contributed by atoms with Gasteiger partial charge >= 0.3 is 0 Å². The Balaban J connectivity index is 1.53. The summed E-state index contributed by atoms with van der Waals surface area (Å²) in [6.45, 7) is 3.85. The van der Waals surface area contributed by atoms with Crippen molar-refractivity contribution in [3.05, 3.63) is 35.6 Å². The minimum Gasteiger partial charge on any atom is -0.303 e. The monoisotopic (exact) mass is 247 g/mol. The maximum Gasteiger partial charge on any atom is 0.123 e. The van der Waals surface area contributed by atoms with Crippen molar-refractivity contribution in [1.82, 2.24) is 4.90 Å². The Morgan fingerprint density at radius 3 is 2.56 bits per heavy atom. The first kappa shape index (κ1) is 12.2. The summed E-state index contributed by atoms with van der Waals surface area (Å²) in [5, 5.41) is 0. The normalized spacial score (nSPS) is 25.3. The van der Waals surface area contributed by atoms with Gasteiger partial charge in [0.25, 0.3) is 0 Å². The number of piperidine rings is 1. The summed E-state index contributed by atoms with van der Waals surface area (Å²) in [7, 11) is 0. The van der Waals surface area contributed by atoms with Crippen molar-refractivity contribution in [3.8, 4) is 0 Å². The van der Waals surface area contributed by atoms with Crippen molar-refractivity contribution in [1.29, 1.82) is 0 Å². The summed E-state index contributed by atoms with van der Waals surface area (Å²) in [5.41, 5.74) is 1.29. The minimum atomic E-state index is -0.127. The molecule has 1 nitrogen and oxygen atoms in total. The van der Waals surface area contributed by atoms with Gasteiger partial charge < -0.3 is 4.90 Å². The van der Waals surface area contributed by atoms with Crippen LogP contribution in [0.1, 0.15) is 31.2 Å². The van der Waals surface area contributed by atoms with E-state index in [0.29, 0.717) is 0 Å². The predicted octanol–water partition coefficient (Wildman–Crippen LogP) is 3.49. The number of likely N-dealkylation sites (tertiary alicyclic amines) is 1. The number of hydrogen-bond donors (Lipinski definition) is 0. The van der Waals surface area contributed by atoms with E-state index in [-0.39, 0.29) is 5.82 Å². The van der Waals surface area contributed by atoms with Crippen molar-refractivity contribution in [3.63, 3.8) is 0 Å². The molecule has 0 N–H and O–H groups in total. The Bertz CT molecular complexity index is 383. The van der Waals surface area contributed by atoms with Gasteiger partial charge in [-0.2, -0.15) is 0 Å². The standard InChI is InChI=1S/C16H22FN/c17-16-7-5-13(6-8-16)10-15-2-1-9-18(12-15)11-14-3-4-14/h5-8,14-15H,1-4,9-12H2/t15-/m0/s1. The second-order valence-electron chi connectivity index (χ2n) is 6.04. The summed E-state index contributed by atoms with van der Waals surface area (Å²) >= 11 is 0. The van der Waals surface area contributed by atoms with Gasteiger partial charge in [-0.25, -0.2) is 4.39 Å². The van der Waals surface area contributed by atoms with Gasteiger partial charge in [0.15, 0.2) is 0 Å². The third-order valence-corrected chi connectivity index (χ3v) is 4.25. The zero-order valence-electron chi connectivity index (χ0n) is 10.9. The summed E-state index contributed by atoms with van der Waals surface area (Å²) in [5.74, 6) is 1.63. The van der Waals surface area contributed by atoms with E-state index in [4.69, 9.17) is 0 Å². The first-order valence-corrected chi connectivity index (χ1v) is 7.26. The van der Waals surface area contributed by atoms with Gasteiger partial charge in [-0.15, -0.1) is 0 Å². The zero-order valence-corrected chi connectivity index (χ0v) is 10.9. The molecule has 0 aromatic heterocycles. The molecule has 1 saturated heterocycles. The van der Waals surface area contributed by atoms with E-state index in [0.717, 1.165) is 18.3 Å². The Morgan fingerprint density at radius 1 is 1.06 bits per heavy atom. The van der Waals surface area contributed by atoms with Crippen LogP contribution in [0.15, 0.2) is 24.3 Å². The van der Waals surface area contributed by atoms with Gasteiger partial charge in [0, 0.05) is 13.1 Å². The van der Waals surface area contributed by atoms with E-state index in [2.05, 4.69) is 4.90 Å². The summed E-state index contributed by atoms with van der Waals surface area (Å²) in [6.07, 6.45) is 6.66. The molecule has 1 saturated carbocycles. The Hall–Kier alpha value is -0.890. The largest absolute Gasteiger partial charge is 0.303 e. The highest BCUT2D eigenvalue weighted by Crippen LogP contribution is 2.31. The average Bonchev–Trinajstić information content (AvgIpc) is 3.17. The molecule has 3 rings (SSSR count). The van der Waals surface area contributed by atoms with Crippen LogP contribution in [-0.2, 0) is 6.42 Å². The lowest BCUT2D eigenvalue weighted by Gasteiger charge is -2.32. The Morgan fingerprint density at radius 2 is 1.83 bits per heavy atom. The van der Waals surface area contributed by atoms with Crippen LogP contribution in [0.25, 0.3) is 0 Å². The van der Waals surface area contributed by atoms with E-state index in [9.17, 15) is 4.39 Å². The van der Waals surface area contributed by atoms with Crippen molar-refractivity contribution >= 4 is 0 Å². The highest BCUT2D eigenvalue weighted by atomic mass is 19.1. The van der Waals surface area contributed by atoms with Gasteiger partial charge in [0.2, 0.25) is 0 Å². The van der Waals surface area contributed by atoms with E-state index in [1.54, 1.807) is 12.1 Å². The van der Waals surface area contributed by atoms with Crippen molar-refractivity contribution in [2.75, 3.05) is 19.6 Å². The zero-order chi connectivity index (χ0) is 12.4. The fourth-order valence-corrected chi connectivity index (χ4v) is 3.10. The molecule has 1 aromatic carbocycles. The SMILES string of the molecule is Fc1ccc(C[C@@H]2CCCN(CC3CC3)C2)cc1. The van der Waals surface area contributed by atoms with Crippen LogP contribution < -0.4 is 0 Å². The quantitative estimate of drug-likeness (QED) is 0.787. The first-order chi connectivity index (χ1) is 8.79. The number of halogens is 1. The van der Waals surface area contributed by atoms with Crippen molar-refractivity contribution in [2.45, 2.75) is 32.1 Å². The van der Waals surface area contributed by atoms with Crippen LogP contribution in [0, 0.1) is 17.7 Å². The number of nitrogens with zero attached hydrogens (tertiary/aromatic N) is 1. The van der Waals surface area contributed by atoms with Gasteiger partial charge in [-0.3, -0.25) is 0 Å². The van der Waals surface area contributed by atoms with E-state index in [1.807, 2.05) is 12.1 Å². The molecule has 0 spiro atoms. The van der Waals surface area contributed by atoms with E-state index < -0.39 is 0 Å². The highest BCUT2D eigenvalue weighted by Gasteiger charge is 2.27. The smallest absolute Gasteiger partial charge is 0.123 e. The maximum atomic E-state index is 12.9. The second-order valence-corrected chi connectivity index (χ2v) is 6.04. The first-order valence-electron chi connectivity index (χ1n) is 7.26. The molecule has 0 amide bonds. The molecule has 1 atom stereocenters. The topological polar surface area (TPSA) is 3.24 Å². The molecular weight excluding hydrogens is 225 g/mol. The van der Waals surface area contributed by atoms with Crippen LogP contribution in [0.5, 0.6) is 0 Å². The Labute approximate surface area is 109 Å². The average molecular weight is 247 g/mol. The van der Waals surface area contributed by atoms with E-state index in [1.165, 1.54) is 50.9 Å². The molecule has 2 heteroatoms. The molecule has 0 radical (unpaired) electrons. The molecule has 1 aromatic rings. The molecule has 0 unspecified atom stereocenters. The molecule has 1 heterocycles. The van der Waals surface area contributed by atoms with Crippen LogP contribution in [0.4, 0.5) is 4.39 Å². The Kier molecular flexibility index (Phi) is 3.64. The lowest BCUT2D eigenvalue weighted by atomic mass is 9.91. The van der Waals surface area contributed by atoms with Crippen LogP contribution in [0.2, 0.25) is 0 Å². The third kappa shape index (κ3) is 3.32. The summed E-state index contributed by atoms with van der Waals surface area (Å²) in [6, 6.07) is 7.05. The van der Waals surface area contributed by atoms with Crippen LogP contribution in [-0.4, -0.2) is 24.5 Å². The van der Waals surface area contributed by atoms with Crippen LogP contribution in [0.3, 0.4) is 0 Å². The van der Waals surface area contributed by atoms with Gasteiger partial charge in [-0.1, -0.05) is 12.1 Å². The van der Waals surface area contributed by atoms with Crippen molar-refractivity contribution in [2.24, 2.45) is 11.8 Å². The third-order valence-electron chi connectivity index (χ3n) is 4.25. The molecule has 2 aliphatic rings. The number of rotatable bonds is 4. The molecule has 1 aliphatic heterocycles. The van der Waals surface area contributed by atoms with Gasteiger partial charge in [0.1, 0.15) is 5.82 Å². The fraction of sp³-hybridized carbons (Fsp3) is 0.625. The van der Waals surface area contributed by atoms with Gasteiger partial charge in [-0.05, 0) is 68.2 Å². The minimum absolute atomic E-state index is 0.127. The molecule has 2 fully saturated rings. The van der Waals surface area contributed by atoms with Crippen LogP contribution >= 0.6 is 0 Å². The number of hydrogen-bond acceptors (Lipinski definition) is 1. The summed E-state index contributed by atoms with van der Waals surface area (Å²) < 4.78 is 12.9. The molecule has 98 valence electrons. The molecule has 18 heavy (non-hydrogen) atoms. The lowest BCUT2D eigenvalue weighted by Crippen LogP contribution is -2.37. The van der Waals surface area contributed by atoms with E-state index >= 15 is 0 Å². The second kappa shape index (κ2) is 5.40. The predicted molar refractivity (Wildman–Crippen MR) is 72.0 cm³/mol. The fourth-order valence-electron chi connectivity index (χ4n) is 3.10.